The Morgan fingerprint density at radius 3 is 2.69 bits per heavy atom. The van der Waals surface area contributed by atoms with Crippen LogP contribution in [0.2, 0.25) is 0 Å². The quantitative estimate of drug-likeness (QED) is 0.501. The Morgan fingerprint density at radius 2 is 1.96 bits per heavy atom. The normalized spacial score (nSPS) is 17.5. The van der Waals surface area contributed by atoms with Crippen molar-refractivity contribution in [3.63, 3.8) is 0 Å². The summed E-state index contributed by atoms with van der Waals surface area (Å²) in [7, 11) is 0. The van der Waals surface area contributed by atoms with E-state index in [4.69, 9.17) is 17.0 Å². The van der Waals surface area contributed by atoms with Gasteiger partial charge in [-0.2, -0.15) is 0 Å². The van der Waals surface area contributed by atoms with E-state index < -0.39 is 17.7 Å². The molecule has 26 heavy (non-hydrogen) atoms. The van der Waals surface area contributed by atoms with Gasteiger partial charge in [-0.05, 0) is 43.4 Å². The van der Waals surface area contributed by atoms with Gasteiger partial charge in [0.05, 0.1) is 18.0 Å². The average Bonchev–Trinajstić information content (AvgIpc) is 2.63. The molecule has 3 rings (SSSR count). The Balaban J connectivity index is 1.84. The zero-order valence-electron chi connectivity index (χ0n) is 14.1. The first kappa shape index (κ1) is 17.8. The summed E-state index contributed by atoms with van der Waals surface area (Å²) >= 11 is 5.15. The van der Waals surface area contributed by atoms with Crippen molar-refractivity contribution in [3.8, 4) is 5.75 Å². The molecule has 2 aromatic rings. The summed E-state index contributed by atoms with van der Waals surface area (Å²) in [6, 6.07) is 16.1. The lowest BCUT2D eigenvalue weighted by molar-refractivity contribution is -0.130. The summed E-state index contributed by atoms with van der Waals surface area (Å²) < 4.78 is 5.42. The molecule has 0 bridgehead atoms. The summed E-state index contributed by atoms with van der Waals surface area (Å²) in [6.07, 6.45) is 1.33. The van der Waals surface area contributed by atoms with Gasteiger partial charge in [0, 0.05) is 12.3 Å². The number of benzene rings is 2. The average molecular weight is 367 g/mol. The van der Waals surface area contributed by atoms with Crippen molar-refractivity contribution in [2.75, 3.05) is 11.5 Å². The van der Waals surface area contributed by atoms with Gasteiger partial charge in [0.25, 0.3) is 5.91 Å². The Kier molecular flexibility index (Phi) is 5.38. The highest BCUT2D eigenvalue weighted by atomic mass is 32.1. The summed E-state index contributed by atoms with van der Waals surface area (Å²) in [5, 5.41) is 2.62. The predicted octanol–water partition coefficient (Wildman–Crippen LogP) is 2.85. The number of hydrogen-bond acceptors (Lipinski definition) is 5. The second kappa shape index (κ2) is 7.88. The minimum atomic E-state index is -1.06. The van der Waals surface area contributed by atoms with Crippen LogP contribution in [0, 0.1) is 5.92 Å². The van der Waals surface area contributed by atoms with E-state index in [-0.39, 0.29) is 5.11 Å². The van der Waals surface area contributed by atoms with Crippen LogP contribution in [0.1, 0.15) is 6.92 Å². The molecule has 1 saturated heterocycles. The van der Waals surface area contributed by atoms with Gasteiger partial charge in [0.1, 0.15) is 5.75 Å². The van der Waals surface area contributed by atoms with Crippen LogP contribution in [0.5, 0.6) is 5.75 Å². The molecule has 2 aromatic carbocycles. The number of ether oxygens (including phenoxy) is 1. The van der Waals surface area contributed by atoms with E-state index >= 15 is 0 Å². The maximum absolute atomic E-state index is 12.8. The highest BCUT2D eigenvalue weighted by Gasteiger charge is 2.38. The Labute approximate surface area is 156 Å². The fourth-order valence-corrected chi connectivity index (χ4v) is 2.82. The van der Waals surface area contributed by atoms with Gasteiger partial charge in [-0.3, -0.25) is 19.5 Å². The van der Waals surface area contributed by atoms with E-state index in [0.29, 0.717) is 23.7 Å². The lowest BCUT2D eigenvalue weighted by Gasteiger charge is -2.30. The molecule has 0 unspecified atom stereocenters. The number of carbonyl (C=O) groups excluding carboxylic acids is 2. The van der Waals surface area contributed by atoms with Crippen molar-refractivity contribution in [1.82, 2.24) is 5.32 Å². The Morgan fingerprint density at radius 1 is 1.19 bits per heavy atom. The number of rotatable bonds is 5. The van der Waals surface area contributed by atoms with E-state index in [2.05, 4.69) is 10.3 Å². The van der Waals surface area contributed by atoms with Crippen LogP contribution < -0.4 is 15.0 Å². The van der Waals surface area contributed by atoms with Gasteiger partial charge in [-0.15, -0.1) is 0 Å². The van der Waals surface area contributed by atoms with Crippen molar-refractivity contribution in [3.05, 3.63) is 54.6 Å². The van der Waals surface area contributed by atoms with Crippen LogP contribution in [-0.4, -0.2) is 29.7 Å². The van der Waals surface area contributed by atoms with Crippen LogP contribution in [-0.2, 0) is 9.59 Å². The SMILES string of the molecule is CCOc1cccc(N=C[C@@H]2C(=O)NC(=S)N(c3ccccc3)C2=O)c1. The number of aliphatic imine (C=N–C) groups is 1. The molecule has 6 nitrogen and oxygen atoms in total. The third-order valence-electron chi connectivity index (χ3n) is 3.72. The number of nitrogens with zero attached hydrogens (tertiary/aromatic N) is 2. The molecule has 0 aliphatic carbocycles. The number of amides is 2. The van der Waals surface area contributed by atoms with Crippen LogP contribution in [0.15, 0.2) is 59.6 Å². The molecule has 1 N–H and O–H groups in total. The second-order valence-electron chi connectivity index (χ2n) is 5.49. The van der Waals surface area contributed by atoms with E-state index in [0.717, 1.165) is 0 Å². The van der Waals surface area contributed by atoms with Gasteiger partial charge in [0.15, 0.2) is 11.0 Å². The smallest absolute Gasteiger partial charge is 0.251 e. The minimum absolute atomic E-state index is 0.0641. The zero-order chi connectivity index (χ0) is 18.5. The fourth-order valence-electron chi connectivity index (χ4n) is 2.52. The molecule has 1 aliphatic rings. The first-order valence-corrected chi connectivity index (χ1v) is 8.52. The van der Waals surface area contributed by atoms with Crippen molar-refractivity contribution in [1.29, 1.82) is 0 Å². The topological polar surface area (TPSA) is 71.0 Å². The monoisotopic (exact) mass is 367 g/mol. The van der Waals surface area contributed by atoms with E-state index in [1.807, 2.05) is 19.1 Å². The molecule has 0 saturated carbocycles. The number of anilines is 1. The van der Waals surface area contributed by atoms with Crippen molar-refractivity contribution in [2.24, 2.45) is 10.9 Å². The summed E-state index contributed by atoms with van der Waals surface area (Å²) in [5.41, 5.74) is 1.19. The lowest BCUT2D eigenvalue weighted by Crippen LogP contribution is -2.58. The van der Waals surface area contributed by atoms with E-state index in [1.165, 1.54) is 11.1 Å². The maximum atomic E-state index is 12.8. The van der Waals surface area contributed by atoms with Gasteiger partial charge < -0.3 is 10.1 Å². The number of nitrogens with one attached hydrogen (secondary N) is 1. The largest absolute Gasteiger partial charge is 0.494 e. The molecule has 132 valence electrons. The van der Waals surface area contributed by atoms with Crippen molar-refractivity contribution < 1.29 is 14.3 Å². The van der Waals surface area contributed by atoms with Crippen LogP contribution >= 0.6 is 12.2 Å². The van der Waals surface area contributed by atoms with Crippen LogP contribution in [0.4, 0.5) is 11.4 Å². The molecular weight excluding hydrogens is 350 g/mol. The number of hydrogen-bond donors (Lipinski definition) is 1. The first-order chi connectivity index (χ1) is 12.6. The highest BCUT2D eigenvalue weighted by molar-refractivity contribution is 7.80. The standard InChI is InChI=1S/C19H17N3O3S/c1-2-25-15-10-6-7-13(11-15)20-12-16-17(23)21-19(26)22(18(16)24)14-8-4-3-5-9-14/h3-12,16H,2H2,1H3,(H,21,23,26)/t16-/m1/s1. The van der Waals surface area contributed by atoms with Crippen LogP contribution in [0.25, 0.3) is 0 Å². The summed E-state index contributed by atoms with van der Waals surface area (Å²) in [5.74, 6) is -1.31. The first-order valence-electron chi connectivity index (χ1n) is 8.11. The molecule has 1 fully saturated rings. The van der Waals surface area contributed by atoms with E-state index in [1.54, 1.807) is 42.5 Å². The summed E-state index contributed by atoms with van der Waals surface area (Å²) in [4.78, 5) is 30.6. The number of para-hydroxylation sites is 1. The molecule has 1 aliphatic heterocycles. The molecule has 2 amide bonds. The fraction of sp³-hybridized carbons (Fsp3) is 0.158. The minimum Gasteiger partial charge on any atom is -0.494 e. The molecule has 1 heterocycles. The highest BCUT2D eigenvalue weighted by Crippen LogP contribution is 2.22. The van der Waals surface area contributed by atoms with E-state index in [9.17, 15) is 9.59 Å². The number of thiocarbonyl (C=S) groups is 1. The summed E-state index contributed by atoms with van der Waals surface area (Å²) in [6.45, 7) is 2.43. The molecule has 7 heteroatoms. The van der Waals surface area contributed by atoms with Gasteiger partial charge in [0.2, 0.25) is 5.91 Å². The Hall–Kier alpha value is -3.06. The molecule has 0 radical (unpaired) electrons. The van der Waals surface area contributed by atoms with Gasteiger partial charge in [-0.25, -0.2) is 0 Å². The number of carbonyl (C=O) groups is 2. The molecular formula is C19H17N3O3S. The molecule has 1 atom stereocenters. The van der Waals surface area contributed by atoms with Crippen LogP contribution in [0.3, 0.4) is 0 Å². The van der Waals surface area contributed by atoms with Crippen molar-refractivity contribution in [2.45, 2.75) is 6.92 Å². The predicted molar refractivity (Wildman–Crippen MR) is 104 cm³/mol. The molecule has 0 aromatic heterocycles. The van der Waals surface area contributed by atoms with Gasteiger partial charge in [-0.1, -0.05) is 24.3 Å². The molecule has 0 spiro atoms. The third kappa shape index (κ3) is 3.78. The Bertz CT molecular complexity index is 867. The zero-order valence-corrected chi connectivity index (χ0v) is 14.9. The third-order valence-corrected chi connectivity index (χ3v) is 4.00. The maximum Gasteiger partial charge on any atom is 0.251 e. The lowest BCUT2D eigenvalue weighted by atomic mass is 10.1. The second-order valence-corrected chi connectivity index (χ2v) is 5.88. The van der Waals surface area contributed by atoms with Crippen molar-refractivity contribution >= 4 is 46.7 Å². The van der Waals surface area contributed by atoms with Gasteiger partial charge >= 0.3 is 0 Å².